The average Bonchev–Trinajstić information content (AvgIpc) is 2.54. The molecule has 0 radical (unpaired) electrons. The molecule has 1 aromatic carbocycles. The smallest absolute Gasteiger partial charge is 0.316 e. The molecular weight excluding hydrogens is 313 g/mol. The summed E-state index contributed by atoms with van der Waals surface area (Å²) in [4.78, 5) is 37.0. The maximum absolute atomic E-state index is 13.2. The van der Waals surface area contributed by atoms with Crippen LogP contribution in [0.5, 0.6) is 0 Å². The van der Waals surface area contributed by atoms with Gasteiger partial charge in [0.2, 0.25) is 5.91 Å². The van der Waals surface area contributed by atoms with E-state index in [4.69, 9.17) is 4.74 Å². The summed E-state index contributed by atoms with van der Waals surface area (Å²) < 4.78 is 18.0. The number of carbonyl (C=O) groups is 3. The molecule has 1 aliphatic carbocycles. The van der Waals surface area contributed by atoms with Crippen LogP contribution in [0.2, 0.25) is 0 Å². The normalized spacial score (nSPS) is 26.7. The van der Waals surface area contributed by atoms with Gasteiger partial charge in [0.1, 0.15) is 11.7 Å². The molecule has 0 spiro atoms. The van der Waals surface area contributed by atoms with Gasteiger partial charge < -0.3 is 10.1 Å². The van der Waals surface area contributed by atoms with Crippen LogP contribution >= 0.6 is 0 Å². The van der Waals surface area contributed by atoms with Crippen LogP contribution < -0.4 is 5.32 Å². The van der Waals surface area contributed by atoms with Crippen molar-refractivity contribution in [3.8, 4) is 0 Å². The van der Waals surface area contributed by atoms with E-state index in [9.17, 15) is 18.8 Å². The fourth-order valence-corrected chi connectivity index (χ4v) is 3.58. The van der Waals surface area contributed by atoms with Crippen LogP contribution in [0.3, 0.4) is 0 Å². The Morgan fingerprint density at radius 1 is 1.21 bits per heavy atom. The highest BCUT2D eigenvalue weighted by atomic mass is 19.1. The number of ketones is 1. The molecule has 1 heterocycles. The van der Waals surface area contributed by atoms with Gasteiger partial charge in [-0.1, -0.05) is 19.1 Å². The Balaban J connectivity index is 2.06. The van der Waals surface area contributed by atoms with Crippen LogP contribution in [-0.2, 0) is 19.1 Å². The van der Waals surface area contributed by atoms with Gasteiger partial charge in [-0.05, 0) is 30.0 Å². The predicted molar refractivity (Wildman–Crippen MR) is 83.2 cm³/mol. The van der Waals surface area contributed by atoms with E-state index in [1.165, 1.54) is 19.2 Å². The van der Waals surface area contributed by atoms with Crippen LogP contribution in [0, 0.1) is 17.7 Å². The minimum atomic E-state index is -0.869. The molecule has 126 valence electrons. The lowest BCUT2D eigenvalue weighted by Gasteiger charge is -2.36. The molecule has 1 aromatic rings. The maximum atomic E-state index is 13.2. The highest BCUT2D eigenvalue weighted by Gasteiger charge is 2.45. The van der Waals surface area contributed by atoms with Crippen molar-refractivity contribution >= 4 is 17.7 Å². The number of halogens is 1. The van der Waals surface area contributed by atoms with Gasteiger partial charge in [-0.15, -0.1) is 0 Å². The molecule has 2 aliphatic rings. The van der Waals surface area contributed by atoms with Crippen molar-refractivity contribution in [2.24, 2.45) is 11.8 Å². The number of hydrogen-bond donors (Lipinski definition) is 1. The van der Waals surface area contributed by atoms with Crippen LogP contribution in [0.1, 0.15) is 31.2 Å². The van der Waals surface area contributed by atoms with E-state index < -0.39 is 17.8 Å². The molecule has 1 aliphatic heterocycles. The van der Waals surface area contributed by atoms with Crippen molar-refractivity contribution in [1.82, 2.24) is 5.32 Å². The number of rotatable bonds is 2. The minimum Gasteiger partial charge on any atom is -0.468 e. The standard InChI is InChI=1S/C18H18FNO4/c1-9-7-13-16(17(22)15(9)18(23)24-2)12(8-14(21)20-13)10-3-5-11(19)6-4-10/h3-6,9,12,15H,7-8H2,1-2H3,(H,20,21)/t9-,12-,15-/m0/s1. The van der Waals surface area contributed by atoms with Crippen LogP contribution in [0.15, 0.2) is 35.5 Å². The second kappa shape index (κ2) is 6.19. The third-order valence-corrected chi connectivity index (χ3v) is 4.72. The molecule has 0 unspecified atom stereocenters. The number of allylic oxidation sites excluding steroid dienone is 2. The third-order valence-electron chi connectivity index (χ3n) is 4.72. The molecule has 24 heavy (non-hydrogen) atoms. The second-order valence-corrected chi connectivity index (χ2v) is 6.30. The Kier molecular flexibility index (Phi) is 4.22. The quantitative estimate of drug-likeness (QED) is 0.665. The number of amides is 1. The molecule has 3 rings (SSSR count). The Hall–Kier alpha value is -2.50. The lowest BCUT2D eigenvalue weighted by molar-refractivity contribution is -0.151. The van der Waals surface area contributed by atoms with E-state index in [-0.39, 0.29) is 29.8 Å². The number of benzene rings is 1. The lowest BCUT2D eigenvalue weighted by Crippen LogP contribution is -2.44. The monoisotopic (exact) mass is 331 g/mol. The van der Waals surface area contributed by atoms with Crippen molar-refractivity contribution in [3.63, 3.8) is 0 Å². The Labute approximate surface area is 138 Å². The van der Waals surface area contributed by atoms with Gasteiger partial charge in [0.05, 0.1) is 7.11 Å². The maximum Gasteiger partial charge on any atom is 0.316 e. The van der Waals surface area contributed by atoms with E-state index in [0.29, 0.717) is 23.3 Å². The number of carbonyl (C=O) groups excluding carboxylic acids is 3. The largest absolute Gasteiger partial charge is 0.468 e. The molecule has 1 amide bonds. The van der Waals surface area contributed by atoms with E-state index >= 15 is 0 Å². The van der Waals surface area contributed by atoms with E-state index in [1.807, 2.05) is 0 Å². The number of esters is 1. The van der Waals surface area contributed by atoms with Gasteiger partial charge in [-0.25, -0.2) is 4.39 Å². The third kappa shape index (κ3) is 2.72. The zero-order valence-electron chi connectivity index (χ0n) is 13.5. The Bertz CT molecular complexity index is 738. The number of methoxy groups -OCH3 is 1. The summed E-state index contributed by atoms with van der Waals surface area (Å²) in [6.07, 6.45) is 0.517. The number of Topliss-reactive ketones (excluding diaryl/α,β-unsaturated/α-hetero) is 1. The van der Waals surface area contributed by atoms with Crippen molar-refractivity contribution < 1.29 is 23.5 Å². The molecule has 0 saturated carbocycles. The van der Waals surface area contributed by atoms with Crippen molar-refractivity contribution in [2.45, 2.75) is 25.7 Å². The molecule has 3 atom stereocenters. The zero-order chi connectivity index (χ0) is 17.4. The highest BCUT2D eigenvalue weighted by molar-refractivity contribution is 6.11. The Morgan fingerprint density at radius 3 is 2.50 bits per heavy atom. The zero-order valence-corrected chi connectivity index (χ0v) is 13.5. The van der Waals surface area contributed by atoms with Crippen LogP contribution in [-0.4, -0.2) is 24.8 Å². The van der Waals surface area contributed by atoms with E-state index in [2.05, 4.69) is 5.32 Å². The SMILES string of the molecule is COC(=O)[C@@H]1C(=O)C2=C(C[C@@H]1C)NC(=O)C[C@H]2c1ccc(F)cc1. The van der Waals surface area contributed by atoms with Crippen molar-refractivity contribution in [3.05, 3.63) is 46.9 Å². The van der Waals surface area contributed by atoms with Crippen LogP contribution in [0.25, 0.3) is 0 Å². The molecule has 0 fully saturated rings. The molecule has 0 aromatic heterocycles. The van der Waals surface area contributed by atoms with Crippen molar-refractivity contribution in [1.29, 1.82) is 0 Å². The second-order valence-electron chi connectivity index (χ2n) is 6.30. The van der Waals surface area contributed by atoms with Crippen LogP contribution in [0.4, 0.5) is 4.39 Å². The fraction of sp³-hybridized carbons (Fsp3) is 0.389. The molecule has 0 saturated heterocycles. The van der Waals surface area contributed by atoms with Gasteiger partial charge in [0.15, 0.2) is 5.78 Å². The topological polar surface area (TPSA) is 72.5 Å². The summed E-state index contributed by atoms with van der Waals surface area (Å²) >= 11 is 0. The summed E-state index contributed by atoms with van der Waals surface area (Å²) in [7, 11) is 1.26. The molecule has 1 N–H and O–H groups in total. The summed E-state index contributed by atoms with van der Waals surface area (Å²) in [5.74, 6) is -3.04. The van der Waals surface area contributed by atoms with Gasteiger partial charge in [-0.3, -0.25) is 14.4 Å². The first-order valence-corrected chi connectivity index (χ1v) is 7.82. The summed E-state index contributed by atoms with van der Waals surface area (Å²) in [5, 5.41) is 2.76. The lowest BCUT2D eigenvalue weighted by atomic mass is 9.70. The van der Waals surface area contributed by atoms with Crippen molar-refractivity contribution in [2.75, 3.05) is 7.11 Å². The first-order valence-electron chi connectivity index (χ1n) is 7.82. The van der Waals surface area contributed by atoms with Gasteiger partial charge in [0.25, 0.3) is 0 Å². The molecule has 0 bridgehead atoms. The van der Waals surface area contributed by atoms with Gasteiger partial charge >= 0.3 is 5.97 Å². The number of ether oxygens (including phenoxy) is 1. The van der Waals surface area contributed by atoms with Gasteiger partial charge in [-0.2, -0.15) is 0 Å². The first kappa shape index (κ1) is 16.4. The number of hydrogen-bond acceptors (Lipinski definition) is 4. The van der Waals surface area contributed by atoms with E-state index in [1.54, 1.807) is 19.1 Å². The molecule has 6 heteroatoms. The number of nitrogens with one attached hydrogen (secondary N) is 1. The molecule has 5 nitrogen and oxygen atoms in total. The average molecular weight is 331 g/mol. The first-order chi connectivity index (χ1) is 11.4. The highest BCUT2D eigenvalue weighted by Crippen LogP contribution is 2.42. The van der Waals surface area contributed by atoms with Gasteiger partial charge in [0, 0.05) is 23.6 Å². The molecular formula is C18H18FNO4. The van der Waals surface area contributed by atoms with E-state index in [0.717, 1.165) is 0 Å². The Morgan fingerprint density at radius 2 is 1.88 bits per heavy atom. The minimum absolute atomic E-state index is 0.0957. The fourth-order valence-electron chi connectivity index (χ4n) is 3.58. The summed E-state index contributed by atoms with van der Waals surface area (Å²) in [6, 6.07) is 5.74. The summed E-state index contributed by atoms with van der Waals surface area (Å²) in [6.45, 7) is 1.79. The summed E-state index contributed by atoms with van der Waals surface area (Å²) in [5.41, 5.74) is 1.69. The predicted octanol–water partition coefficient (Wildman–Crippen LogP) is 2.08.